The van der Waals surface area contributed by atoms with E-state index in [1.807, 2.05) is 13.0 Å². The quantitative estimate of drug-likeness (QED) is 0.628. The Morgan fingerprint density at radius 2 is 1.68 bits per heavy atom. The molecule has 3 N–H and O–H groups in total. The van der Waals surface area contributed by atoms with Crippen molar-refractivity contribution in [3.05, 3.63) is 11.6 Å². The molecule has 0 aliphatic rings. The molecule has 0 bridgehead atoms. The number of hydrogen-bond acceptors (Lipinski definition) is 6. The van der Waals surface area contributed by atoms with Crippen LogP contribution < -0.4 is 24.7 Å². The SMILES string of the molecule is CCC(Cc1cc(OC)c(OC)c(OC)c1OC)CC(CN)C(=O)O. The summed E-state index contributed by atoms with van der Waals surface area (Å²) in [6.07, 6.45) is 1.95. The van der Waals surface area contributed by atoms with Crippen LogP contribution in [0.3, 0.4) is 0 Å². The largest absolute Gasteiger partial charge is 0.493 e. The molecule has 7 nitrogen and oxygen atoms in total. The topological polar surface area (TPSA) is 100 Å². The first-order chi connectivity index (χ1) is 12.0. The van der Waals surface area contributed by atoms with Crippen LogP contribution >= 0.6 is 0 Å². The lowest BCUT2D eigenvalue weighted by molar-refractivity contribution is -0.142. The third-order valence-corrected chi connectivity index (χ3v) is 4.40. The summed E-state index contributed by atoms with van der Waals surface area (Å²) in [6.45, 7) is 2.16. The molecule has 2 unspecified atom stereocenters. The first-order valence-corrected chi connectivity index (χ1v) is 8.25. The van der Waals surface area contributed by atoms with Crippen molar-refractivity contribution in [3.63, 3.8) is 0 Å². The molecule has 0 amide bonds. The minimum Gasteiger partial charge on any atom is -0.493 e. The number of nitrogens with two attached hydrogens (primary N) is 1. The van der Waals surface area contributed by atoms with Crippen LogP contribution in [0.2, 0.25) is 0 Å². The van der Waals surface area contributed by atoms with Crippen molar-refractivity contribution in [2.45, 2.75) is 26.2 Å². The van der Waals surface area contributed by atoms with Crippen LogP contribution in [0, 0.1) is 11.8 Å². The summed E-state index contributed by atoms with van der Waals surface area (Å²) in [7, 11) is 6.19. The summed E-state index contributed by atoms with van der Waals surface area (Å²) < 4.78 is 21.8. The second-order valence-corrected chi connectivity index (χ2v) is 5.82. The Labute approximate surface area is 149 Å². The third kappa shape index (κ3) is 4.92. The van der Waals surface area contributed by atoms with E-state index in [0.717, 1.165) is 12.0 Å². The lowest BCUT2D eigenvalue weighted by atomic mass is 9.87. The van der Waals surface area contributed by atoms with Gasteiger partial charge in [0.15, 0.2) is 11.5 Å². The molecule has 0 aliphatic heterocycles. The van der Waals surface area contributed by atoms with Crippen molar-refractivity contribution in [3.8, 4) is 23.0 Å². The predicted octanol–water partition coefficient (Wildman–Crippen LogP) is 2.34. The van der Waals surface area contributed by atoms with E-state index in [2.05, 4.69) is 0 Å². The minimum absolute atomic E-state index is 0.123. The van der Waals surface area contributed by atoms with Crippen LogP contribution in [0.5, 0.6) is 23.0 Å². The van der Waals surface area contributed by atoms with Crippen molar-refractivity contribution in [1.29, 1.82) is 0 Å². The van der Waals surface area contributed by atoms with Crippen molar-refractivity contribution < 1.29 is 28.8 Å². The molecule has 1 aromatic carbocycles. The maximum Gasteiger partial charge on any atom is 0.307 e. The van der Waals surface area contributed by atoms with Crippen LogP contribution in [0.4, 0.5) is 0 Å². The van der Waals surface area contributed by atoms with E-state index in [1.165, 1.54) is 14.2 Å². The van der Waals surface area contributed by atoms with Gasteiger partial charge in [0.2, 0.25) is 11.5 Å². The molecular formula is C18H29NO6. The Morgan fingerprint density at radius 1 is 1.08 bits per heavy atom. The first-order valence-electron chi connectivity index (χ1n) is 8.25. The Bertz CT molecular complexity index is 575. The fraction of sp³-hybridized carbons (Fsp3) is 0.611. The smallest absolute Gasteiger partial charge is 0.307 e. The average molecular weight is 355 g/mol. The standard InChI is InChI=1S/C18H29NO6/c1-6-11(8-13(10-19)18(20)21)7-12-9-14(22-2)16(24-4)17(25-5)15(12)23-3/h9,11,13H,6-8,10,19H2,1-5H3,(H,20,21). The normalized spacial score (nSPS) is 13.0. The van der Waals surface area contributed by atoms with Crippen LogP contribution in [-0.4, -0.2) is 46.1 Å². The van der Waals surface area contributed by atoms with Gasteiger partial charge < -0.3 is 29.8 Å². The number of hydrogen-bond donors (Lipinski definition) is 2. The van der Waals surface area contributed by atoms with Crippen molar-refractivity contribution in [2.24, 2.45) is 17.6 Å². The number of methoxy groups -OCH3 is 4. The summed E-state index contributed by atoms with van der Waals surface area (Å²) in [5.74, 6) is 0.751. The monoisotopic (exact) mass is 355 g/mol. The van der Waals surface area contributed by atoms with E-state index < -0.39 is 11.9 Å². The molecule has 0 spiro atoms. The number of ether oxygens (including phenoxy) is 4. The van der Waals surface area contributed by atoms with Gasteiger partial charge in [0.05, 0.1) is 34.4 Å². The lowest BCUT2D eigenvalue weighted by Gasteiger charge is -2.23. The van der Waals surface area contributed by atoms with E-state index >= 15 is 0 Å². The van der Waals surface area contributed by atoms with Gasteiger partial charge in [-0.15, -0.1) is 0 Å². The molecule has 7 heteroatoms. The summed E-state index contributed by atoms with van der Waals surface area (Å²) in [4.78, 5) is 11.3. The number of carboxylic acid groups (broad SMARTS) is 1. The van der Waals surface area contributed by atoms with E-state index in [-0.39, 0.29) is 12.5 Å². The zero-order valence-corrected chi connectivity index (χ0v) is 15.6. The Kier molecular flexibility index (Phi) is 8.34. The van der Waals surface area contributed by atoms with Gasteiger partial charge in [-0.3, -0.25) is 4.79 Å². The van der Waals surface area contributed by atoms with E-state index in [4.69, 9.17) is 24.7 Å². The van der Waals surface area contributed by atoms with Crippen molar-refractivity contribution >= 4 is 5.97 Å². The fourth-order valence-electron chi connectivity index (χ4n) is 2.96. The Balaban J connectivity index is 3.23. The fourth-order valence-corrected chi connectivity index (χ4v) is 2.96. The van der Waals surface area contributed by atoms with Gasteiger partial charge >= 0.3 is 5.97 Å². The highest BCUT2D eigenvalue weighted by molar-refractivity contribution is 5.70. The molecule has 2 atom stereocenters. The van der Waals surface area contributed by atoms with Gasteiger partial charge in [-0.1, -0.05) is 13.3 Å². The predicted molar refractivity (Wildman–Crippen MR) is 94.9 cm³/mol. The molecule has 0 heterocycles. The van der Waals surface area contributed by atoms with Crippen LogP contribution in [0.25, 0.3) is 0 Å². The molecule has 0 aliphatic carbocycles. The van der Waals surface area contributed by atoms with Gasteiger partial charge in [-0.2, -0.15) is 0 Å². The summed E-state index contributed by atoms with van der Waals surface area (Å²) in [5, 5.41) is 9.26. The van der Waals surface area contributed by atoms with Crippen molar-refractivity contribution in [2.75, 3.05) is 35.0 Å². The molecule has 25 heavy (non-hydrogen) atoms. The van der Waals surface area contributed by atoms with E-state index in [0.29, 0.717) is 35.8 Å². The van der Waals surface area contributed by atoms with Crippen molar-refractivity contribution in [1.82, 2.24) is 0 Å². The average Bonchev–Trinajstić information content (AvgIpc) is 2.62. The molecule has 0 saturated carbocycles. The number of carbonyl (C=O) groups is 1. The van der Waals surface area contributed by atoms with Gasteiger partial charge in [0, 0.05) is 12.1 Å². The number of carboxylic acids is 1. The summed E-state index contributed by atoms with van der Waals surface area (Å²) in [5.41, 5.74) is 6.47. The zero-order valence-electron chi connectivity index (χ0n) is 15.6. The zero-order chi connectivity index (χ0) is 19.0. The van der Waals surface area contributed by atoms with Gasteiger partial charge in [0.1, 0.15) is 0 Å². The molecule has 0 aromatic heterocycles. The number of benzene rings is 1. The molecule has 0 radical (unpaired) electrons. The minimum atomic E-state index is -0.863. The second-order valence-electron chi connectivity index (χ2n) is 5.82. The highest BCUT2D eigenvalue weighted by Crippen LogP contribution is 2.47. The molecule has 0 fully saturated rings. The van der Waals surface area contributed by atoms with Crippen LogP contribution in [0.15, 0.2) is 6.07 Å². The van der Waals surface area contributed by atoms with Gasteiger partial charge in [-0.25, -0.2) is 0 Å². The second kappa shape index (κ2) is 9.98. The highest BCUT2D eigenvalue weighted by atomic mass is 16.5. The first kappa shape index (κ1) is 20.9. The van der Waals surface area contributed by atoms with E-state index in [1.54, 1.807) is 14.2 Å². The lowest BCUT2D eigenvalue weighted by Crippen LogP contribution is -2.26. The summed E-state index contributed by atoms with van der Waals surface area (Å²) >= 11 is 0. The molecule has 142 valence electrons. The van der Waals surface area contributed by atoms with Gasteiger partial charge in [0.25, 0.3) is 0 Å². The number of aliphatic carboxylic acids is 1. The maximum atomic E-state index is 11.3. The Morgan fingerprint density at radius 3 is 2.08 bits per heavy atom. The van der Waals surface area contributed by atoms with E-state index in [9.17, 15) is 9.90 Å². The summed E-state index contributed by atoms with van der Waals surface area (Å²) in [6, 6.07) is 1.85. The third-order valence-electron chi connectivity index (χ3n) is 4.40. The van der Waals surface area contributed by atoms with Crippen LogP contribution in [-0.2, 0) is 11.2 Å². The maximum absolute atomic E-state index is 11.3. The Hall–Kier alpha value is -2.15. The van der Waals surface area contributed by atoms with Crippen LogP contribution in [0.1, 0.15) is 25.3 Å². The van der Waals surface area contributed by atoms with Gasteiger partial charge in [-0.05, 0) is 24.8 Å². The molecule has 1 rings (SSSR count). The molecular weight excluding hydrogens is 326 g/mol. The molecule has 0 saturated heterocycles. The highest BCUT2D eigenvalue weighted by Gasteiger charge is 2.25. The number of rotatable bonds is 11. The molecule has 1 aromatic rings.